The molecule has 0 spiro atoms. The highest BCUT2D eigenvalue weighted by Crippen LogP contribution is 2.41. The summed E-state index contributed by atoms with van der Waals surface area (Å²) in [6.45, 7) is 2.67. The van der Waals surface area contributed by atoms with E-state index >= 15 is 0 Å². The molecule has 1 aliphatic carbocycles. The lowest BCUT2D eigenvalue weighted by Crippen LogP contribution is -2.43. The van der Waals surface area contributed by atoms with E-state index in [4.69, 9.17) is 5.73 Å². The Kier molecular flexibility index (Phi) is 1.87. The maximum Gasteiger partial charge on any atom is 0.140 e. The van der Waals surface area contributed by atoms with Crippen molar-refractivity contribution in [2.45, 2.75) is 31.6 Å². The number of nitrogens with two attached hydrogens (primary N) is 1. The van der Waals surface area contributed by atoms with Gasteiger partial charge < -0.3 is 10.3 Å². The minimum absolute atomic E-state index is 0.135. The monoisotopic (exact) mass is 180 g/mol. The zero-order valence-electron chi connectivity index (χ0n) is 8.25. The minimum Gasteiger partial charge on any atom is -0.329 e. The van der Waals surface area contributed by atoms with Gasteiger partial charge in [-0.15, -0.1) is 10.2 Å². The molecule has 1 aromatic heterocycles. The molecule has 0 radical (unpaired) electrons. The molecule has 0 aliphatic heterocycles. The molecule has 0 saturated heterocycles. The molecule has 2 rings (SSSR count). The number of aryl methyl sites for hydroxylation is 1. The molecule has 1 aliphatic rings. The fourth-order valence-electron chi connectivity index (χ4n) is 1.99. The number of nitrogens with zero attached hydrogens (tertiary/aromatic N) is 3. The van der Waals surface area contributed by atoms with Gasteiger partial charge in [0.2, 0.25) is 0 Å². The number of hydrogen-bond donors (Lipinski definition) is 1. The Bertz CT molecular complexity index is 306. The maximum absolute atomic E-state index is 5.80. The maximum atomic E-state index is 5.80. The van der Waals surface area contributed by atoms with E-state index in [1.807, 2.05) is 14.0 Å². The van der Waals surface area contributed by atoms with Crippen LogP contribution in [0.5, 0.6) is 0 Å². The van der Waals surface area contributed by atoms with Crippen LogP contribution in [0.1, 0.15) is 30.9 Å². The second-order valence-corrected chi connectivity index (χ2v) is 3.97. The molecule has 1 heterocycles. The third-order valence-electron chi connectivity index (χ3n) is 3.27. The number of aromatic nitrogens is 3. The van der Waals surface area contributed by atoms with Gasteiger partial charge in [-0.25, -0.2) is 0 Å². The van der Waals surface area contributed by atoms with E-state index in [0.29, 0.717) is 6.54 Å². The van der Waals surface area contributed by atoms with E-state index in [0.717, 1.165) is 24.5 Å². The van der Waals surface area contributed by atoms with Crippen LogP contribution in [0.2, 0.25) is 0 Å². The van der Waals surface area contributed by atoms with Crippen LogP contribution in [-0.4, -0.2) is 21.3 Å². The second kappa shape index (κ2) is 2.80. The topological polar surface area (TPSA) is 56.7 Å². The molecule has 0 aromatic carbocycles. The molecule has 4 nitrogen and oxygen atoms in total. The zero-order chi connectivity index (χ0) is 9.47. The highest BCUT2D eigenvalue weighted by molar-refractivity contribution is 5.15. The first-order valence-electron chi connectivity index (χ1n) is 4.76. The third kappa shape index (κ3) is 1.09. The molecule has 0 atom stereocenters. The summed E-state index contributed by atoms with van der Waals surface area (Å²) < 4.78 is 2.06. The van der Waals surface area contributed by atoms with Crippen molar-refractivity contribution in [3.63, 3.8) is 0 Å². The van der Waals surface area contributed by atoms with Crippen molar-refractivity contribution in [2.24, 2.45) is 12.8 Å². The molecule has 1 aromatic rings. The van der Waals surface area contributed by atoms with Crippen molar-refractivity contribution in [1.29, 1.82) is 0 Å². The van der Waals surface area contributed by atoms with E-state index in [9.17, 15) is 0 Å². The molecule has 4 heteroatoms. The Morgan fingerprint density at radius 1 is 1.46 bits per heavy atom. The predicted molar refractivity (Wildman–Crippen MR) is 50.3 cm³/mol. The second-order valence-electron chi connectivity index (χ2n) is 3.97. The first-order chi connectivity index (χ1) is 6.19. The fourth-order valence-corrected chi connectivity index (χ4v) is 1.99. The van der Waals surface area contributed by atoms with E-state index in [-0.39, 0.29) is 5.41 Å². The first-order valence-corrected chi connectivity index (χ1v) is 4.76. The molecular weight excluding hydrogens is 164 g/mol. The molecule has 72 valence electrons. The van der Waals surface area contributed by atoms with Crippen LogP contribution in [0.3, 0.4) is 0 Å². The Morgan fingerprint density at radius 3 is 2.46 bits per heavy atom. The van der Waals surface area contributed by atoms with Gasteiger partial charge in [-0.3, -0.25) is 0 Å². The zero-order valence-corrected chi connectivity index (χ0v) is 8.25. The Labute approximate surface area is 78.1 Å². The smallest absolute Gasteiger partial charge is 0.140 e. The average molecular weight is 180 g/mol. The molecule has 13 heavy (non-hydrogen) atoms. The van der Waals surface area contributed by atoms with Crippen LogP contribution in [0.4, 0.5) is 0 Å². The molecule has 0 bridgehead atoms. The summed E-state index contributed by atoms with van der Waals surface area (Å²) in [6.07, 6.45) is 3.59. The van der Waals surface area contributed by atoms with Crippen LogP contribution in [0, 0.1) is 6.92 Å². The molecule has 0 amide bonds. The SMILES string of the molecule is Cc1nnc(C2(CN)CCC2)n1C. The van der Waals surface area contributed by atoms with Gasteiger partial charge in [-0.05, 0) is 19.8 Å². The molecule has 2 N–H and O–H groups in total. The van der Waals surface area contributed by atoms with Crippen LogP contribution >= 0.6 is 0 Å². The first kappa shape index (κ1) is 8.69. The van der Waals surface area contributed by atoms with Crippen LogP contribution in [-0.2, 0) is 12.5 Å². The van der Waals surface area contributed by atoms with Gasteiger partial charge in [0.1, 0.15) is 11.6 Å². The van der Waals surface area contributed by atoms with Crippen molar-refractivity contribution in [3.8, 4) is 0 Å². The van der Waals surface area contributed by atoms with Crippen LogP contribution < -0.4 is 5.73 Å². The molecule has 1 fully saturated rings. The van der Waals surface area contributed by atoms with Gasteiger partial charge in [-0.1, -0.05) is 6.42 Å². The summed E-state index contributed by atoms with van der Waals surface area (Å²) in [5.41, 5.74) is 5.93. The Morgan fingerprint density at radius 2 is 2.15 bits per heavy atom. The van der Waals surface area contributed by atoms with Gasteiger partial charge >= 0.3 is 0 Å². The molecular formula is C9H16N4. The predicted octanol–water partition coefficient (Wildman–Crippen LogP) is 0.504. The van der Waals surface area contributed by atoms with E-state index < -0.39 is 0 Å². The van der Waals surface area contributed by atoms with Gasteiger partial charge in [0.05, 0.1) is 0 Å². The van der Waals surface area contributed by atoms with Crippen LogP contribution in [0.15, 0.2) is 0 Å². The van der Waals surface area contributed by atoms with E-state index in [1.54, 1.807) is 0 Å². The summed E-state index contributed by atoms with van der Waals surface area (Å²) in [4.78, 5) is 0. The van der Waals surface area contributed by atoms with Crippen molar-refractivity contribution < 1.29 is 0 Å². The van der Waals surface area contributed by atoms with Crippen molar-refractivity contribution in [3.05, 3.63) is 11.6 Å². The Hall–Kier alpha value is -0.900. The number of rotatable bonds is 2. The van der Waals surface area contributed by atoms with Crippen molar-refractivity contribution >= 4 is 0 Å². The van der Waals surface area contributed by atoms with E-state index in [2.05, 4.69) is 14.8 Å². The van der Waals surface area contributed by atoms with Crippen molar-refractivity contribution in [2.75, 3.05) is 6.54 Å². The third-order valence-corrected chi connectivity index (χ3v) is 3.27. The van der Waals surface area contributed by atoms with Gasteiger partial charge in [0, 0.05) is 19.0 Å². The van der Waals surface area contributed by atoms with Gasteiger partial charge in [0.15, 0.2) is 0 Å². The Balaban J connectivity index is 2.38. The lowest BCUT2D eigenvalue weighted by Gasteiger charge is -2.39. The van der Waals surface area contributed by atoms with Gasteiger partial charge in [-0.2, -0.15) is 0 Å². The summed E-state index contributed by atoms with van der Waals surface area (Å²) >= 11 is 0. The lowest BCUT2D eigenvalue weighted by molar-refractivity contribution is 0.231. The molecule has 1 saturated carbocycles. The number of hydrogen-bond acceptors (Lipinski definition) is 3. The fraction of sp³-hybridized carbons (Fsp3) is 0.778. The van der Waals surface area contributed by atoms with Crippen molar-refractivity contribution in [1.82, 2.24) is 14.8 Å². The van der Waals surface area contributed by atoms with Crippen LogP contribution in [0.25, 0.3) is 0 Å². The largest absolute Gasteiger partial charge is 0.329 e. The van der Waals surface area contributed by atoms with E-state index in [1.165, 1.54) is 6.42 Å². The summed E-state index contributed by atoms with van der Waals surface area (Å²) in [5, 5.41) is 8.28. The highest BCUT2D eigenvalue weighted by Gasteiger charge is 2.41. The normalized spacial score (nSPS) is 19.9. The highest BCUT2D eigenvalue weighted by atomic mass is 15.3. The lowest BCUT2D eigenvalue weighted by atomic mass is 9.68. The minimum atomic E-state index is 0.135. The standard InChI is InChI=1S/C9H16N4/c1-7-11-12-8(13(7)2)9(6-10)4-3-5-9/h3-6,10H2,1-2H3. The summed E-state index contributed by atoms with van der Waals surface area (Å²) in [6, 6.07) is 0. The summed E-state index contributed by atoms with van der Waals surface area (Å²) in [7, 11) is 2.01. The average Bonchev–Trinajstić information content (AvgIpc) is 2.35. The van der Waals surface area contributed by atoms with Gasteiger partial charge in [0.25, 0.3) is 0 Å². The molecule has 0 unspecified atom stereocenters. The quantitative estimate of drug-likeness (QED) is 0.721. The summed E-state index contributed by atoms with van der Waals surface area (Å²) in [5.74, 6) is 2.04.